The molecule has 9 nitrogen and oxygen atoms in total. The van der Waals surface area contributed by atoms with Gasteiger partial charge in [0.05, 0.1) is 12.0 Å². The Morgan fingerprint density at radius 1 is 0.939 bits per heavy atom. The van der Waals surface area contributed by atoms with Crippen molar-refractivity contribution in [2.24, 2.45) is 5.73 Å². The quantitative estimate of drug-likeness (QED) is 0.382. The normalized spacial score (nSPS) is 11.8. The zero-order valence-electron chi connectivity index (χ0n) is 17.8. The molecule has 0 saturated carbocycles. The van der Waals surface area contributed by atoms with Crippen LogP contribution < -0.4 is 25.8 Å². The smallest absolute Gasteiger partial charge is 0.312 e. The van der Waals surface area contributed by atoms with E-state index in [-0.39, 0.29) is 17.0 Å². The highest BCUT2D eigenvalue weighted by molar-refractivity contribution is 7.92. The summed E-state index contributed by atoms with van der Waals surface area (Å²) in [6, 6.07) is 19.5. The van der Waals surface area contributed by atoms with Gasteiger partial charge in [0.15, 0.2) is 0 Å². The SMILES string of the molecule is COc1ccc(NS(=O)(=O)c2cccc(NC(=O)C(Cc3ccccc3)NC(N)=O)c2)cc1. The van der Waals surface area contributed by atoms with E-state index in [0.29, 0.717) is 11.4 Å². The molecule has 0 bridgehead atoms. The second-order valence-electron chi connectivity index (χ2n) is 7.10. The molecule has 0 aliphatic carbocycles. The van der Waals surface area contributed by atoms with Crippen LogP contribution in [-0.2, 0) is 21.2 Å². The first-order valence-electron chi connectivity index (χ1n) is 9.94. The van der Waals surface area contributed by atoms with Crippen molar-refractivity contribution in [2.75, 3.05) is 17.1 Å². The van der Waals surface area contributed by atoms with Crippen LogP contribution in [0.1, 0.15) is 5.56 Å². The number of nitrogens with one attached hydrogen (secondary N) is 3. The number of amides is 3. The average Bonchev–Trinajstić information content (AvgIpc) is 2.79. The van der Waals surface area contributed by atoms with Crippen molar-refractivity contribution in [3.05, 3.63) is 84.4 Å². The predicted octanol–water partition coefficient (Wildman–Crippen LogP) is 2.71. The number of rotatable bonds is 9. The van der Waals surface area contributed by atoms with E-state index in [4.69, 9.17) is 10.5 Å². The highest BCUT2D eigenvalue weighted by Gasteiger charge is 2.21. The third-order valence-corrected chi connectivity index (χ3v) is 6.05. The molecule has 1 atom stereocenters. The number of benzene rings is 3. The van der Waals surface area contributed by atoms with Crippen molar-refractivity contribution in [3.8, 4) is 5.75 Å². The molecule has 33 heavy (non-hydrogen) atoms. The summed E-state index contributed by atoms with van der Waals surface area (Å²) in [5, 5.41) is 5.06. The molecule has 1 unspecified atom stereocenters. The number of hydrogen-bond donors (Lipinski definition) is 4. The highest BCUT2D eigenvalue weighted by atomic mass is 32.2. The van der Waals surface area contributed by atoms with Gasteiger partial charge in [-0.1, -0.05) is 36.4 Å². The van der Waals surface area contributed by atoms with Gasteiger partial charge >= 0.3 is 6.03 Å². The molecule has 3 rings (SSSR count). The van der Waals surface area contributed by atoms with Gasteiger partial charge in [0.2, 0.25) is 5.91 Å². The van der Waals surface area contributed by atoms with Gasteiger partial charge in [0, 0.05) is 17.8 Å². The number of methoxy groups -OCH3 is 1. The second kappa shape index (κ2) is 10.5. The maximum absolute atomic E-state index is 12.8. The van der Waals surface area contributed by atoms with Crippen LogP contribution in [0.5, 0.6) is 5.75 Å². The zero-order valence-corrected chi connectivity index (χ0v) is 18.6. The summed E-state index contributed by atoms with van der Waals surface area (Å²) >= 11 is 0. The Morgan fingerprint density at radius 2 is 1.64 bits per heavy atom. The lowest BCUT2D eigenvalue weighted by molar-refractivity contribution is -0.117. The molecule has 10 heteroatoms. The number of hydrogen-bond acceptors (Lipinski definition) is 5. The van der Waals surface area contributed by atoms with E-state index in [1.54, 1.807) is 30.3 Å². The monoisotopic (exact) mass is 468 g/mol. The van der Waals surface area contributed by atoms with Gasteiger partial charge < -0.3 is 21.1 Å². The first-order valence-corrected chi connectivity index (χ1v) is 11.4. The molecule has 172 valence electrons. The largest absolute Gasteiger partial charge is 0.497 e. The summed E-state index contributed by atoms with van der Waals surface area (Å²) < 4.78 is 33.1. The summed E-state index contributed by atoms with van der Waals surface area (Å²) in [5.74, 6) is 0.0626. The summed E-state index contributed by atoms with van der Waals surface area (Å²) in [4.78, 5) is 24.2. The molecule has 0 fully saturated rings. The number of urea groups is 1. The predicted molar refractivity (Wildman–Crippen MR) is 126 cm³/mol. The van der Waals surface area contributed by atoms with Crippen LogP contribution in [-0.4, -0.2) is 33.5 Å². The standard InChI is InChI=1S/C23H24N4O5S/c1-32-19-12-10-17(11-13-19)27-33(30,31)20-9-5-8-18(15-20)25-22(28)21(26-23(24)29)14-16-6-3-2-4-7-16/h2-13,15,21,27H,14H2,1H3,(H,25,28)(H3,24,26,29). The van der Waals surface area contributed by atoms with Gasteiger partial charge in [-0.25, -0.2) is 13.2 Å². The minimum Gasteiger partial charge on any atom is -0.497 e. The molecule has 0 saturated heterocycles. The molecule has 3 aromatic carbocycles. The van der Waals surface area contributed by atoms with Gasteiger partial charge in [-0.2, -0.15) is 0 Å². The van der Waals surface area contributed by atoms with Crippen molar-refractivity contribution in [2.45, 2.75) is 17.4 Å². The molecule has 5 N–H and O–H groups in total. The van der Waals surface area contributed by atoms with Gasteiger partial charge in [-0.3, -0.25) is 9.52 Å². The second-order valence-corrected chi connectivity index (χ2v) is 8.78. The summed E-state index contributed by atoms with van der Waals surface area (Å²) in [5.41, 5.74) is 6.66. The Bertz CT molecular complexity index is 1220. The lowest BCUT2D eigenvalue weighted by atomic mass is 10.1. The van der Waals surface area contributed by atoms with Crippen LogP contribution >= 0.6 is 0 Å². The Balaban J connectivity index is 1.75. The van der Waals surface area contributed by atoms with E-state index in [9.17, 15) is 18.0 Å². The lowest BCUT2D eigenvalue weighted by Crippen LogP contribution is -2.47. The molecule has 0 heterocycles. The minimum absolute atomic E-state index is 0.0430. The lowest BCUT2D eigenvalue weighted by Gasteiger charge is -2.18. The molecule has 0 spiro atoms. The van der Waals surface area contributed by atoms with Gasteiger partial charge in [0.1, 0.15) is 11.8 Å². The molecule has 0 radical (unpaired) electrons. The number of sulfonamides is 1. The van der Waals surface area contributed by atoms with Gasteiger partial charge in [-0.15, -0.1) is 0 Å². The van der Waals surface area contributed by atoms with Crippen LogP contribution in [0.2, 0.25) is 0 Å². The first-order chi connectivity index (χ1) is 15.8. The molecule has 0 aliphatic rings. The number of carbonyl (C=O) groups is 2. The van der Waals surface area contributed by atoms with Crippen molar-refractivity contribution in [1.29, 1.82) is 0 Å². The van der Waals surface area contributed by atoms with Crippen molar-refractivity contribution in [3.63, 3.8) is 0 Å². The number of anilines is 2. The Hall–Kier alpha value is -4.05. The number of ether oxygens (including phenoxy) is 1. The van der Waals surface area contributed by atoms with Gasteiger partial charge in [-0.05, 0) is 48.0 Å². The molecular formula is C23H24N4O5S. The minimum atomic E-state index is -3.91. The highest BCUT2D eigenvalue weighted by Crippen LogP contribution is 2.21. The van der Waals surface area contributed by atoms with Crippen molar-refractivity contribution < 1.29 is 22.7 Å². The Kier molecular flexibility index (Phi) is 7.52. The maximum Gasteiger partial charge on any atom is 0.312 e. The van der Waals surface area contributed by atoms with Crippen LogP contribution in [0.15, 0.2) is 83.8 Å². The van der Waals surface area contributed by atoms with E-state index < -0.39 is 28.0 Å². The summed E-state index contributed by atoms with van der Waals surface area (Å²) in [7, 11) is -2.39. The number of nitrogens with two attached hydrogens (primary N) is 1. The maximum atomic E-state index is 12.8. The van der Waals surface area contributed by atoms with Crippen LogP contribution in [0.3, 0.4) is 0 Å². The average molecular weight is 469 g/mol. The number of carbonyl (C=O) groups excluding carboxylic acids is 2. The fourth-order valence-electron chi connectivity index (χ4n) is 3.07. The molecule has 3 aromatic rings. The van der Waals surface area contributed by atoms with Crippen LogP contribution in [0.25, 0.3) is 0 Å². The third kappa shape index (κ3) is 6.71. The zero-order chi connectivity index (χ0) is 23.8. The Labute approximate surface area is 192 Å². The summed E-state index contributed by atoms with van der Waals surface area (Å²) in [6.45, 7) is 0. The van der Waals surface area contributed by atoms with Crippen LogP contribution in [0, 0.1) is 0 Å². The fraction of sp³-hybridized carbons (Fsp3) is 0.130. The van der Waals surface area contributed by atoms with Crippen molar-refractivity contribution in [1.82, 2.24) is 5.32 Å². The molecular weight excluding hydrogens is 444 g/mol. The molecule has 0 aromatic heterocycles. The van der Waals surface area contributed by atoms with E-state index >= 15 is 0 Å². The fourth-order valence-corrected chi connectivity index (χ4v) is 4.18. The van der Waals surface area contributed by atoms with Crippen LogP contribution in [0.4, 0.5) is 16.2 Å². The Morgan fingerprint density at radius 3 is 2.27 bits per heavy atom. The molecule has 3 amide bonds. The topological polar surface area (TPSA) is 140 Å². The first kappa shape index (κ1) is 23.6. The van der Waals surface area contributed by atoms with E-state index in [1.165, 1.54) is 25.3 Å². The summed E-state index contributed by atoms with van der Waals surface area (Å²) in [6.07, 6.45) is 0.215. The third-order valence-electron chi connectivity index (χ3n) is 4.67. The van der Waals surface area contributed by atoms with E-state index in [1.807, 2.05) is 30.3 Å². The number of primary amides is 1. The van der Waals surface area contributed by atoms with E-state index in [0.717, 1.165) is 5.56 Å². The van der Waals surface area contributed by atoms with Gasteiger partial charge in [0.25, 0.3) is 10.0 Å². The molecule has 0 aliphatic heterocycles. The van der Waals surface area contributed by atoms with E-state index in [2.05, 4.69) is 15.4 Å². The van der Waals surface area contributed by atoms with Crippen molar-refractivity contribution >= 4 is 33.3 Å².